The van der Waals surface area contributed by atoms with Crippen molar-refractivity contribution in [2.45, 2.75) is 38.1 Å². The number of carbonyl (C=O) groups is 1. The second kappa shape index (κ2) is 6.21. The highest BCUT2D eigenvalue weighted by Crippen LogP contribution is 2.27. The molecule has 0 aromatic heterocycles. The molecular formula is C11H21ClN2O. The molecule has 0 aromatic rings. The van der Waals surface area contributed by atoms with Gasteiger partial charge in [-0.2, -0.15) is 0 Å². The van der Waals surface area contributed by atoms with E-state index in [1.54, 1.807) is 19.0 Å². The second-order valence-corrected chi connectivity index (χ2v) is 4.92. The number of nitrogens with one attached hydrogen (secondary N) is 1. The first-order valence-electron chi connectivity index (χ1n) is 5.67. The number of amides is 2. The summed E-state index contributed by atoms with van der Waals surface area (Å²) in [7, 11) is 3.54. The number of alkyl halides is 1. The van der Waals surface area contributed by atoms with Crippen LogP contribution in [0.3, 0.4) is 0 Å². The van der Waals surface area contributed by atoms with Crippen LogP contribution in [-0.2, 0) is 0 Å². The van der Waals surface area contributed by atoms with E-state index in [0.29, 0.717) is 6.04 Å². The molecule has 1 saturated carbocycles. The molecular weight excluding hydrogens is 212 g/mol. The van der Waals surface area contributed by atoms with Crippen LogP contribution in [0.25, 0.3) is 0 Å². The number of rotatable bonds is 3. The van der Waals surface area contributed by atoms with E-state index in [1.807, 2.05) is 0 Å². The Morgan fingerprint density at radius 2 is 1.93 bits per heavy atom. The zero-order chi connectivity index (χ0) is 11.3. The first-order valence-corrected chi connectivity index (χ1v) is 6.20. The highest BCUT2D eigenvalue weighted by Gasteiger charge is 2.22. The molecule has 0 aliphatic heterocycles. The van der Waals surface area contributed by atoms with Crippen molar-refractivity contribution in [3.05, 3.63) is 0 Å². The van der Waals surface area contributed by atoms with E-state index in [0.717, 1.165) is 31.1 Å². The van der Waals surface area contributed by atoms with Crippen molar-refractivity contribution in [2.75, 3.05) is 20.0 Å². The van der Waals surface area contributed by atoms with Crippen LogP contribution in [0.15, 0.2) is 0 Å². The van der Waals surface area contributed by atoms with Gasteiger partial charge in [-0.3, -0.25) is 0 Å². The highest BCUT2D eigenvalue weighted by atomic mass is 35.5. The molecule has 0 spiro atoms. The lowest BCUT2D eigenvalue weighted by Crippen LogP contribution is -2.43. The van der Waals surface area contributed by atoms with Crippen molar-refractivity contribution in [1.29, 1.82) is 0 Å². The Hall–Kier alpha value is -0.440. The van der Waals surface area contributed by atoms with Crippen LogP contribution in [0, 0.1) is 5.92 Å². The predicted octanol–water partition coefficient (Wildman–Crippen LogP) is 2.45. The Morgan fingerprint density at radius 3 is 2.40 bits per heavy atom. The Balaban J connectivity index is 2.22. The third-order valence-corrected chi connectivity index (χ3v) is 3.32. The average Bonchev–Trinajstić information content (AvgIpc) is 2.21. The van der Waals surface area contributed by atoms with Gasteiger partial charge in [-0.25, -0.2) is 4.79 Å². The average molecular weight is 233 g/mol. The molecule has 0 aromatic carbocycles. The van der Waals surface area contributed by atoms with Crippen LogP contribution in [0.1, 0.15) is 32.1 Å². The number of hydrogen-bond donors (Lipinski definition) is 1. The molecule has 0 saturated heterocycles. The van der Waals surface area contributed by atoms with E-state index in [1.165, 1.54) is 12.8 Å². The number of carbonyl (C=O) groups excluding carboxylic acids is 1. The molecule has 15 heavy (non-hydrogen) atoms. The number of nitrogens with zero attached hydrogens (tertiary/aromatic N) is 1. The summed E-state index contributed by atoms with van der Waals surface area (Å²) in [5.74, 6) is 1.54. The molecule has 0 radical (unpaired) electrons. The van der Waals surface area contributed by atoms with E-state index < -0.39 is 0 Å². The molecule has 0 heterocycles. The summed E-state index contributed by atoms with van der Waals surface area (Å²) in [6, 6.07) is 0.391. The smallest absolute Gasteiger partial charge is 0.317 e. The van der Waals surface area contributed by atoms with Gasteiger partial charge in [0.2, 0.25) is 0 Å². The summed E-state index contributed by atoms with van der Waals surface area (Å²) in [5.41, 5.74) is 0. The molecule has 1 aliphatic carbocycles. The van der Waals surface area contributed by atoms with Gasteiger partial charge in [-0.1, -0.05) is 0 Å². The molecule has 4 heteroatoms. The summed E-state index contributed by atoms with van der Waals surface area (Å²) in [6.45, 7) is 0. The molecule has 88 valence electrons. The Bertz CT molecular complexity index is 201. The molecule has 0 unspecified atom stereocenters. The molecule has 1 rings (SSSR count). The van der Waals surface area contributed by atoms with E-state index >= 15 is 0 Å². The molecule has 3 nitrogen and oxygen atoms in total. The minimum atomic E-state index is 0.0239. The summed E-state index contributed by atoms with van der Waals surface area (Å²) in [4.78, 5) is 13.0. The van der Waals surface area contributed by atoms with Gasteiger partial charge in [-0.15, -0.1) is 11.6 Å². The van der Waals surface area contributed by atoms with Crippen LogP contribution in [0.4, 0.5) is 4.79 Å². The molecule has 1 aliphatic rings. The number of hydrogen-bond acceptors (Lipinski definition) is 1. The van der Waals surface area contributed by atoms with Crippen molar-refractivity contribution >= 4 is 17.6 Å². The third kappa shape index (κ3) is 4.29. The van der Waals surface area contributed by atoms with E-state index in [-0.39, 0.29) is 6.03 Å². The summed E-state index contributed by atoms with van der Waals surface area (Å²) >= 11 is 5.72. The van der Waals surface area contributed by atoms with Crippen molar-refractivity contribution in [3.63, 3.8) is 0 Å². The molecule has 0 bridgehead atoms. The fraction of sp³-hybridized carbons (Fsp3) is 0.909. The lowest BCUT2D eigenvalue weighted by Gasteiger charge is -2.29. The van der Waals surface area contributed by atoms with Crippen LogP contribution in [0.2, 0.25) is 0 Å². The van der Waals surface area contributed by atoms with Gasteiger partial charge >= 0.3 is 6.03 Å². The third-order valence-electron chi connectivity index (χ3n) is 3.10. The van der Waals surface area contributed by atoms with Crippen molar-refractivity contribution in [3.8, 4) is 0 Å². The van der Waals surface area contributed by atoms with Crippen LogP contribution in [-0.4, -0.2) is 36.9 Å². The van der Waals surface area contributed by atoms with Gasteiger partial charge in [0, 0.05) is 26.0 Å². The van der Waals surface area contributed by atoms with Crippen molar-refractivity contribution in [1.82, 2.24) is 10.2 Å². The van der Waals surface area contributed by atoms with Crippen LogP contribution < -0.4 is 5.32 Å². The predicted molar refractivity (Wildman–Crippen MR) is 63.3 cm³/mol. The Labute approximate surface area is 97.2 Å². The summed E-state index contributed by atoms with van der Waals surface area (Å²) < 4.78 is 0. The molecule has 2 amide bonds. The van der Waals surface area contributed by atoms with Crippen LogP contribution in [0.5, 0.6) is 0 Å². The largest absolute Gasteiger partial charge is 0.335 e. The Kier molecular flexibility index (Phi) is 5.23. The maximum atomic E-state index is 11.4. The van der Waals surface area contributed by atoms with Crippen molar-refractivity contribution in [2.24, 2.45) is 5.92 Å². The Morgan fingerprint density at radius 1 is 1.33 bits per heavy atom. The van der Waals surface area contributed by atoms with Gasteiger partial charge in [0.25, 0.3) is 0 Å². The van der Waals surface area contributed by atoms with Crippen LogP contribution >= 0.6 is 11.6 Å². The van der Waals surface area contributed by atoms with Gasteiger partial charge in [0.05, 0.1) is 0 Å². The molecule has 1 N–H and O–H groups in total. The zero-order valence-corrected chi connectivity index (χ0v) is 10.4. The molecule has 1 fully saturated rings. The minimum absolute atomic E-state index is 0.0239. The monoisotopic (exact) mass is 232 g/mol. The lowest BCUT2D eigenvalue weighted by atomic mass is 9.84. The fourth-order valence-corrected chi connectivity index (χ4v) is 2.36. The quantitative estimate of drug-likeness (QED) is 0.745. The van der Waals surface area contributed by atoms with Gasteiger partial charge in [-0.05, 0) is 38.0 Å². The number of halogens is 1. The standard InChI is InChI=1S/C11H21ClN2O/c1-14(2)11(15)13-10-5-3-9(4-6-10)7-8-12/h9-10H,3-8H2,1-2H3,(H,13,15)/t9-,10-. The summed E-state index contributed by atoms with van der Waals surface area (Å²) in [6.07, 6.45) is 5.72. The zero-order valence-electron chi connectivity index (χ0n) is 9.63. The second-order valence-electron chi connectivity index (χ2n) is 4.54. The fourth-order valence-electron chi connectivity index (χ4n) is 2.05. The number of urea groups is 1. The highest BCUT2D eigenvalue weighted by molar-refractivity contribution is 6.17. The van der Waals surface area contributed by atoms with Gasteiger partial charge < -0.3 is 10.2 Å². The normalized spacial score (nSPS) is 26.1. The first kappa shape index (κ1) is 12.6. The van der Waals surface area contributed by atoms with E-state index in [4.69, 9.17) is 11.6 Å². The maximum Gasteiger partial charge on any atom is 0.317 e. The molecule has 0 atom stereocenters. The topological polar surface area (TPSA) is 32.3 Å². The maximum absolute atomic E-state index is 11.4. The summed E-state index contributed by atoms with van der Waals surface area (Å²) in [5, 5.41) is 3.03. The van der Waals surface area contributed by atoms with Gasteiger partial charge in [0.15, 0.2) is 0 Å². The first-order chi connectivity index (χ1) is 7.13. The van der Waals surface area contributed by atoms with Crippen molar-refractivity contribution < 1.29 is 4.79 Å². The SMILES string of the molecule is CN(C)C(=O)N[C@H]1CC[C@H](CCCl)CC1. The van der Waals surface area contributed by atoms with E-state index in [9.17, 15) is 4.79 Å². The lowest BCUT2D eigenvalue weighted by molar-refractivity contribution is 0.204. The van der Waals surface area contributed by atoms with Gasteiger partial charge in [0.1, 0.15) is 0 Å². The van der Waals surface area contributed by atoms with E-state index in [2.05, 4.69) is 5.32 Å². The minimum Gasteiger partial charge on any atom is -0.335 e.